The summed E-state index contributed by atoms with van der Waals surface area (Å²) in [4.78, 5) is 4.02. The number of benzene rings is 3. The minimum absolute atomic E-state index is 0.0959. The van der Waals surface area contributed by atoms with Gasteiger partial charge in [-0.2, -0.15) is 13.2 Å². The monoisotopic (exact) mass is 652 g/mol. The summed E-state index contributed by atoms with van der Waals surface area (Å²) < 4.78 is 65.0. The fraction of sp³-hybridized carbons (Fsp3) is 0.486. The van der Waals surface area contributed by atoms with Crippen molar-refractivity contribution in [1.82, 2.24) is 0 Å². The second-order valence-electron chi connectivity index (χ2n) is 10.7. The molecule has 9 heteroatoms. The third-order valence-electron chi connectivity index (χ3n) is 7.07. The molecule has 0 amide bonds. The maximum Gasteiger partial charge on any atom is 0.485 e. The Morgan fingerprint density at radius 1 is 0.591 bits per heavy atom. The Bertz CT molecular complexity index is 1200. The van der Waals surface area contributed by atoms with Gasteiger partial charge in [0.2, 0.25) is 0 Å². The number of unbranched alkanes of at least 4 members (excludes halogenated alkanes) is 13. The van der Waals surface area contributed by atoms with E-state index in [1.807, 2.05) is 0 Å². The van der Waals surface area contributed by atoms with E-state index in [9.17, 15) is 13.2 Å². The largest absolute Gasteiger partial charge is 0.741 e. The van der Waals surface area contributed by atoms with Gasteiger partial charge >= 0.3 is 5.51 Å². The van der Waals surface area contributed by atoms with Crippen molar-refractivity contribution in [3.63, 3.8) is 0 Å². The third-order valence-corrected chi connectivity index (χ3v) is 9.86. The normalized spacial score (nSPS) is 11.7. The van der Waals surface area contributed by atoms with Crippen LogP contribution in [0.5, 0.6) is 5.75 Å². The molecule has 0 bridgehead atoms. The molecule has 244 valence electrons. The number of hydrogen-bond acceptors (Lipinski definition) is 4. The van der Waals surface area contributed by atoms with Gasteiger partial charge in [-0.15, -0.1) is 0 Å². The van der Waals surface area contributed by atoms with Gasteiger partial charge < -0.3 is 9.29 Å². The van der Waals surface area contributed by atoms with Crippen molar-refractivity contribution >= 4 is 21.0 Å². The number of rotatable bonds is 19. The number of halogens is 3. The summed E-state index contributed by atoms with van der Waals surface area (Å²) in [5, 5.41) is 0. The van der Waals surface area contributed by atoms with Crippen LogP contribution in [0.3, 0.4) is 0 Å². The number of hydrogen-bond donors (Lipinski definition) is 0. The molecule has 0 spiro atoms. The van der Waals surface area contributed by atoms with E-state index in [-0.39, 0.29) is 10.9 Å². The SMILES string of the molecule is CCCCCCCCCCCCCCCCOc1ccc([S+](c2ccccc2)c2ccccc2)cc1.O=S(=O)([O-])C(F)(F)F. The van der Waals surface area contributed by atoms with Crippen LogP contribution in [-0.4, -0.2) is 25.1 Å². The quantitative estimate of drug-likeness (QED) is 0.0559. The molecule has 0 radical (unpaired) electrons. The summed E-state index contributed by atoms with van der Waals surface area (Å²) >= 11 is 0. The fourth-order valence-electron chi connectivity index (χ4n) is 4.68. The topological polar surface area (TPSA) is 66.4 Å². The molecule has 44 heavy (non-hydrogen) atoms. The van der Waals surface area contributed by atoms with Crippen LogP contribution >= 0.6 is 0 Å². The predicted molar refractivity (Wildman–Crippen MR) is 173 cm³/mol. The highest BCUT2D eigenvalue weighted by atomic mass is 32.2. The summed E-state index contributed by atoms with van der Waals surface area (Å²) in [7, 11) is -6.19. The van der Waals surface area contributed by atoms with Gasteiger partial charge in [0.1, 0.15) is 5.75 Å². The van der Waals surface area contributed by atoms with Crippen LogP contribution in [0.4, 0.5) is 13.2 Å². The lowest BCUT2D eigenvalue weighted by Gasteiger charge is -2.10. The molecule has 0 saturated carbocycles. The van der Waals surface area contributed by atoms with E-state index < -0.39 is 15.6 Å². The second kappa shape index (κ2) is 21.3. The van der Waals surface area contributed by atoms with Gasteiger partial charge in [-0.3, -0.25) is 0 Å². The summed E-state index contributed by atoms with van der Waals surface area (Å²) in [5.74, 6) is 0.984. The van der Waals surface area contributed by atoms with Crippen LogP contribution < -0.4 is 4.74 Å². The molecule has 0 saturated heterocycles. The lowest BCUT2D eigenvalue weighted by atomic mass is 10.0. The van der Waals surface area contributed by atoms with Crippen molar-refractivity contribution in [2.45, 2.75) is 117 Å². The first-order valence-electron chi connectivity index (χ1n) is 15.7. The molecule has 0 fully saturated rings. The van der Waals surface area contributed by atoms with E-state index in [4.69, 9.17) is 17.7 Å². The van der Waals surface area contributed by atoms with Crippen LogP contribution in [0.25, 0.3) is 0 Å². The zero-order chi connectivity index (χ0) is 32.1. The Labute approximate surface area is 265 Å². The van der Waals surface area contributed by atoms with Crippen LogP contribution in [0.1, 0.15) is 96.8 Å². The maximum atomic E-state index is 10.7. The first kappa shape index (κ1) is 37.7. The second-order valence-corrected chi connectivity index (χ2v) is 14.1. The number of ether oxygens (including phenoxy) is 1. The Balaban J connectivity index is 0.000000742. The molecule has 0 unspecified atom stereocenters. The molecule has 0 aliphatic heterocycles. The van der Waals surface area contributed by atoms with Gasteiger partial charge in [0.15, 0.2) is 24.8 Å². The van der Waals surface area contributed by atoms with Gasteiger partial charge in [0, 0.05) is 0 Å². The first-order valence-corrected chi connectivity index (χ1v) is 18.4. The van der Waals surface area contributed by atoms with E-state index in [0.29, 0.717) is 0 Å². The minimum Gasteiger partial charge on any atom is -0.741 e. The van der Waals surface area contributed by atoms with Crippen LogP contribution in [-0.2, 0) is 21.0 Å². The van der Waals surface area contributed by atoms with Crippen LogP contribution in [0.2, 0.25) is 0 Å². The van der Waals surface area contributed by atoms with Crippen LogP contribution in [0.15, 0.2) is 99.6 Å². The third kappa shape index (κ3) is 15.5. The standard InChI is InChI=1S/C34H47OS.CHF3O3S/c1-2-3-4-5-6-7-8-9-10-11-12-13-14-21-30-35-31-26-28-34(29-27-31)36(32-22-17-15-18-23-32)33-24-19-16-20-25-33;2-1(3,4)8(5,6)7/h15-20,22-29H,2-14,21,30H2,1H3;(H,5,6,7)/q+1;/p-1. The lowest BCUT2D eigenvalue weighted by molar-refractivity contribution is -0.0517. The van der Waals surface area contributed by atoms with E-state index in [2.05, 4.69) is 91.9 Å². The van der Waals surface area contributed by atoms with Gasteiger partial charge in [-0.25, -0.2) is 8.42 Å². The highest BCUT2D eigenvalue weighted by Gasteiger charge is 2.37. The van der Waals surface area contributed by atoms with Crippen molar-refractivity contribution in [2.75, 3.05) is 6.61 Å². The van der Waals surface area contributed by atoms with Gasteiger partial charge in [0.05, 0.1) is 17.5 Å². The van der Waals surface area contributed by atoms with Gasteiger partial charge in [-0.1, -0.05) is 127 Å². The van der Waals surface area contributed by atoms with Crippen molar-refractivity contribution in [1.29, 1.82) is 0 Å². The van der Waals surface area contributed by atoms with Gasteiger partial charge in [-0.05, 0) is 55.0 Å². The molecule has 0 aromatic heterocycles. The summed E-state index contributed by atoms with van der Waals surface area (Å²) in [6.45, 7) is 3.11. The molecule has 4 nitrogen and oxygen atoms in total. The van der Waals surface area contributed by atoms with E-state index in [1.54, 1.807) is 0 Å². The molecule has 0 aliphatic rings. The Morgan fingerprint density at radius 2 is 0.932 bits per heavy atom. The minimum atomic E-state index is -6.09. The predicted octanol–water partition coefficient (Wildman–Crippen LogP) is 10.7. The average Bonchev–Trinajstić information content (AvgIpc) is 3.00. The molecule has 3 rings (SSSR count). The maximum absolute atomic E-state index is 10.7. The summed E-state index contributed by atoms with van der Waals surface area (Å²) in [6.07, 6.45) is 19.4. The van der Waals surface area contributed by atoms with Crippen LogP contribution in [0, 0.1) is 0 Å². The van der Waals surface area contributed by atoms with Gasteiger partial charge in [0.25, 0.3) is 0 Å². The molecule has 0 aliphatic carbocycles. The summed E-state index contributed by atoms with van der Waals surface area (Å²) in [5.41, 5.74) is -5.65. The lowest BCUT2D eigenvalue weighted by Crippen LogP contribution is -2.21. The average molecular weight is 653 g/mol. The number of alkyl halides is 3. The van der Waals surface area contributed by atoms with Crippen molar-refractivity contribution < 1.29 is 30.9 Å². The Morgan fingerprint density at radius 3 is 1.30 bits per heavy atom. The van der Waals surface area contributed by atoms with Crippen molar-refractivity contribution in [3.05, 3.63) is 84.9 Å². The molecular formula is C35H47F3O4S2. The highest BCUT2D eigenvalue weighted by molar-refractivity contribution is 7.97. The molecule has 0 atom stereocenters. The fourth-order valence-corrected chi connectivity index (χ4v) is 6.76. The zero-order valence-electron chi connectivity index (χ0n) is 25.8. The Kier molecular flexibility index (Phi) is 18.2. The zero-order valence-corrected chi connectivity index (χ0v) is 27.4. The highest BCUT2D eigenvalue weighted by Crippen LogP contribution is 2.32. The smallest absolute Gasteiger partial charge is 0.485 e. The van der Waals surface area contributed by atoms with E-state index in [0.717, 1.165) is 18.8 Å². The molecule has 3 aromatic rings. The Hall–Kier alpha value is -2.49. The molecule has 3 aromatic carbocycles. The van der Waals surface area contributed by atoms with E-state index in [1.165, 1.54) is 98.2 Å². The van der Waals surface area contributed by atoms with Crippen molar-refractivity contribution in [2.24, 2.45) is 0 Å². The molecule has 0 N–H and O–H groups in total. The first-order chi connectivity index (χ1) is 21.1. The van der Waals surface area contributed by atoms with Crippen molar-refractivity contribution in [3.8, 4) is 5.75 Å². The van der Waals surface area contributed by atoms with E-state index >= 15 is 0 Å². The summed E-state index contributed by atoms with van der Waals surface area (Å²) in [6, 6.07) is 30.4. The molecule has 0 heterocycles. The molecular weight excluding hydrogens is 606 g/mol.